The van der Waals surface area contributed by atoms with Crippen LogP contribution in [0, 0.1) is 5.41 Å². The molecule has 1 heterocycles. The van der Waals surface area contributed by atoms with Crippen molar-refractivity contribution in [3.8, 4) is 5.75 Å². The second kappa shape index (κ2) is 6.79. The van der Waals surface area contributed by atoms with E-state index in [2.05, 4.69) is 0 Å². The number of benzene rings is 1. The summed E-state index contributed by atoms with van der Waals surface area (Å²) in [6.07, 6.45) is 0.459. The van der Waals surface area contributed by atoms with Gasteiger partial charge < -0.3 is 19.5 Å². The number of para-hydroxylation sites is 1. The highest BCUT2D eigenvalue weighted by Gasteiger charge is 2.42. The fourth-order valence-electron chi connectivity index (χ4n) is 2.48. The summed E-state index contributed by atoms with van der Waals surface area (Å²) in [5.41, 5.74) is -0.421. The van der Waals surface area contributed by atoms with Crippen molar-refractivity contribution < 1.29 is 24.2 Å². The minimum absolute atomic E-state index is 0.196. The van der Waals surface area contributed by atoms with E-state index in [0.717, 1.165) is 0 Å². The van der Waals surface area contributed by atoms with Crippen molar-refractivity contribution in [3.05, 3.63) is 29.8 Å². The number of aliphatic carboxylic acids is 1. The highest BCUT2D eigenvalue weighted by Crippen LogP contribution is 2.32. The Hall–Kier alpha value is -2.08. The highest BCUT2D eigenvalue weighted by atomic mass is 16.5. The number of hydrogen-bond acceptors (Lipinski definition) is 4. The quantitative estimate of drug-likeness (QED) is 0.809. The van der Waals surface area contributed by atoms with Crippen LogP contribution in [-0.4, -0.2) is 55.3 Å². The number of nitrogens with zero attached hydrogens (tertiary/aromatic N) is 1. The van der Waals surface area contributed by atoms with Crippen molar-refractivity contribution in [2.24, 2.45) is 5.41 Å². The van der Waals surface area contributed by atoms with Crippen LogP contribution in [0.4, 0.5) is 0 Å². The summed E-state index contributed by atoms with van der Waals surface area (Å²) in [4.78, 5) is 25.5. The van der Waals surface area contributed by atoms with Crippen molar-refractivity contribution in [1.82, 2.24) is 4.90 Å². The first-order valence-electron chi connectivity index (χ1n) is 7.21. The molecule has 6 heteroatoms. The van der Waals surface area contributed by atoms with Crippen LogP contribution in [0.3, 0.4) is 0 Å². The molecule has 0 aliphatic carbocycles. The Kier molecular flexibility index (Phi) is 5.03. The Morgan fingerprint density at radius 3 is 2.68 bits per heavy atom. The molecular formula is C16H21NO5. The maximum atomic E-state index is 12.6. The lowest BCUT2D eigenvalue weighted by atomic mass is 9.90. The van der Waals surface area contributed by atoms with Gasteiger partial charge in [0.15, 0.2) is 0 Å². The van der Waals surface area contributed by atoms with E-state index in [1.807, 2.05) is 0 Å². The number of amides is 1. The lowest BCUT2D eigenvalue weighted by Gasteiger charge is -2.21. The SMILES string of the molecule is COCCOc1ccccc1C(=O)N1CC[C@](C)(C(=O)O)C1. The highest BCUT2D eigenvalue weighted by molar-refractivity contribution is 5.97. The van der Waals surface area contributed by atoms with Crippen LogP contribution in [0.1, 0.15) is 23.7 Å². The summed E-state index contributed by atoms with van der Waals surface area (Å²) >= 11 is 0. The van der Waals surface area contributed by atoms with Gasteiger partial charge in [-0.05, 0) is 25.5 Å². The van der Waals surface area contributed by atoms with E-state index in [4.69, 9.17) is 9.47 Å². The number of carboxylic acids is 1. The predicted molar refractivity (Wildman–Crippen MR) is 80.1 cm³/mol. The second-order valence-corrected chi connectivity index (χ2v) is 5.68. The molecule has 1 aliphatic rings. The molecule has 0 unspecified atom stereocenters. The molecule has 1 aromatic rings. The van der Waals surface area contributed by atoms with Crippen molar-refractivity contribution in [3.63, 3.8) is 0 Å². The Bertz CT molecular complexity index is 559. The number of hydrogen-bond donors (Lipinski definition) is 1. The van der Waals surface area contributed by atoms with Crippen LogP contribution in [0.5, 0.6) is 5.75 Å². The average molecular weight is 307 g/mol. The summed E-state index contributed by atoms with van der Waals surface area (Å²) < 4.78 is 10.5. The maximum Gasteiger partial charge on any atom is 0.311 e. The van der Waals surface area contributed by atoms with E-state index in [1.54, 1.807) is 43.2 Å². The predicted octanol–water partition coefficient (Wildman–Crippen LogP) is 1.65. The van der Waals surface area contributed by atoms with Gasteiger partial charge >= 0.3 is 5.97 Å². The van der Waals surface area contributed by atoms with Crippen LogP contribution < -0.4 is 4.74 Å². The van der Waals surface area contributed by atoms with Crippen LogP contribution in [-0.2, 0) is 9.53 Å². The molecule has 0 spiro atoms. The van der Waals surface area contributed by atoms with Gasteiger partial charge in [-0.25, -0.2) is 0 Å². The van der Waals surface area contributed by atoms with Gasteiger partial charge in [0, 0.05) is 20.2 Å². The zero-order valence-corrected chi connectivity index (χ0v) is 12.9. The molecule has 1 saturated heterocycles. The van der Waals surface area contributed by atoms with Crippen LogP contribution in [0.15, 0.2) is 24.3 Å². The van der Waals surface area contributed by atoms with Gasteiger partial charge in [0.2, 0.25) is 0 Å². The molecular weight excluding hydrogens is 286 g/mol. The second-order valence-electron chi connectivity index (χ2n) is 5.68. The maximum absolute atomic E-state index is 12.6. The topological polar surface area (TPSA) is 76.1 Å². The molecule has 1 N–H and O–H groups in total. The molecule has 2 rings (SSSR count). The van der Waals surface area contributed by atoms with E-state index in [9.17, 15) is 14.7 Å². The van der Waals surface area contributed by atoms with Crippen LogP contribution >= 0.6 is 0 Å². The fraction of sp³-hybridized carbons (Fsp3) is 0.500. The Labute approximate surface area is 129 Å². The van der Waals surface area contributed by atoms with E-state index in [0.29, 0.717) is 37.5 Å². The minimum atomic E-state index is -0.874. The molecule has 22 heavy (non-hydrogen) atoms. The van der Waals surface area contributed by atoms with E-state index < -0.39 is 11.4 Å². The Morgan fingerprint density at radius 1 is 1.32 bits per heavy atom. The minimum Gasteiger partial charge on any atom is -0.490 e. The number of carbonyl (C=O) groups excluding carboxylic acids is 1. The first kappa shape index (κ1) is 16.3. The van der Waals surface area contributed by atoms with Crippen molar-refractivity contribution in [2.75, 3.05) is 33.4 Å². The molecule has 0 saturated carbocycles. The van der Waals surface area contributed by atoms with E-state index in [1.165, 1.54) is 0 Å². The third-order valence-corrected chi connectivity index (χ3v) is 3.94. The summed E-state index contributed by atoms with van der Waals surface area (Å²) in [5, 5.41) is 9.26. The lowest BCUT2D eigenvalue weighted by Crippen LogP contribution is -2.35. The monoisotopic (exact) mass is 307 g/mol. The van der Waals surface area contributed by atoms with Crippen molar-refractivity contribution in [1.29, 1.82) is 0 Å². The summed E-state index contributed by atoms with van der Waals surface area (Å²) in [6, 6.07) is 6.99. The van der Waals surface area contributed by atoms with E-state index >= 15 is 0 Å². The Morgan fingerprint density at radius 2 is 2.05 bits per heavy atom. The zero-order chi connectivity index (χ0) is 16.2. The number of likely N-dealkylation sites (tertiary alicyclic amines) is 1. The molecule has 6 nitrogen and oxygen atoms in total. The third-order valence-electron chi connectivity index (χ3n) is 3.94. The third kappa shape index (κ3) is 3.39. The molecule has 120 valence electrons. The van der Waals surface area contributed by atoms with Gasteiger partial charge in [0.25, 0.3) is 5.91 Å². The van der Waals surface area contributed by atoms with Gasteiger partial charge in [-0.1, -0.05) is 12.1 Å². The fourth-order valence-corrected chi connectivity index (χ4v) is 2.48. The van der Waals surface area contributed by atoms with Gasteiger partial charge in [0.1, 0.15) is 12.4 Å². The lowest BCUT2D eigenvalue weighted by molar-refractivity contribution is -0.147. The molecule has 0 bridgehead atoms. The molecule has 0 radical (unpaired) electrons. The average Bonchev–Trinajstić information content (AvgIpc) is 2.91. The van der Waals surface area contributed by atoms with Gasteiger partial charge in [-0.3, -0.25) is 9.59 Å². The van der Waals surface area contributed by atoms with Gasteiger partial charge in [-0.2, -0.15) is 0 Å². The number of methoxy groups -OCH3 is 1. The Balaban J connectivity index is 2.12. The first-order valence-corrected chi connectivity index (χ1v) is 7.21. The number of ether oxygens (including phenoxy) is 2. The van der Waals surface area contributed by atoms with Crippen LogP contribution in [0.2, 0.25) is 0 Å². The smallest absolute Gasteiger partial charge is 0.311 e. The standard InChI is InChI=1S/C16H21NO5/c1-16(15(19)20)7-8-17(11-16)14(18)12-5-3-4-6-13(12)22-10-9-21-2/h3-6H,7-11H2,1-2H3,(H,19,20)/t16-/m0/s1. The number of rotatable bonds is 6. The summed E-state index contributed by atoms with van der Waals surface area (Å²) in [6.45, 7) is 3.11. The molecule has 1 amide bonds. The van der Waals surface area contributed by atoms with Gasteiger partial charge in [-0.15, -0.1) is 0 Å². The molecule has 1 atom stereocenters. The number of carbonyl (C=O) groups is 2. The first-order chi connectivity index (χ1) is 10.5. The molecule has 1 aliphatic heterocycles. The molecule has 0 aromatic heterocycles. The summed E-state index contributed by atoms with van der Waals surface area (Å²) in [7, 11) is 1.58. The van der Waals surface area contributed by atoms with Crippen LogP contribution in [0.25, 0.3) is 0 Å². The molecule has 1 fully saturated rings. The van der Waals surface area contributed by atoms with E-state index in [-0.39, 0.29) is 12.5 Å². The van der Waals surface area contributed by atoms with Gasteiger partial charge in [0.05, 0.1) is 17.6 Å². The normalized spacial score (nSPS) is 20.9. The van der Waals surface area contributed by atoms with Crippen molar-refractivity contribution >= 4 is 11.9 Å². The largest absolute Gasteiger partial charge is 0.490 e. The summed E-state index contributed by atoms with van der Waals surface area (Å²) in [5.74, 6) is -0.570. The molecule has 1 aromatic carbocycles. The van der Waals surface area contributed by atoms with Crippen molar-refractivity contribution in [2.45, 2.75) is 13.3 Å². The zero-order valence-electron chi connectivity index (χ0n) is 12.9. The number of carboxylic acid groups (broad SMARTS) is 1.